The van der Waals surface area contributed by atoms with Crippen molar-refractivity contribution in [3.8, 4) is 5.75 Å². The van der Waals surface area contributed by atoms with Gasteiger partial charge in [0.2, 0.25) is 11.8 Å². The van der Waals surface area contributed by atoms with Crippen molar-refractivity contribution in [1.82, 2.24) is 10.2 Å². The highest BCUT2D eigenvalue weighted by Crippen LogP contribution is 2.17. The molecule has 5 nitrogen and oxygen atoms in total. The van der Waals surface area contributed by atoms with Gasteiger partial charge in [0, 0.05) is 25.9 Å². The van der Waals surface area contributed by atoms with Crippen LogP contribution < -0.4 is 10.1 Å². The van der Waals surface area contributed by atoms with Gasteiger partial charge < -0.3 is 15.0 Å². The molecule has 3 aromatic rings. The summed E-state index contributed by atoms with van der Waals surface area (Å²) in [5.41, 5.74) is 2.02. The molecular weight excluding hydrogens is 436 g/mol. The average molecular weight is 473 g/mol. The molecule has 0 bridgehead atoms. The van der Waals surface area contributed by atoms with Crippen LogP contribution in [0.2, 0.25) is 0 Å². The fourth-order valence-corrected chi connectivity index (χ4v) is 3.83. The van der Waals surface area contributed by atoms with E-state index >= 15 is 0 Å². The molecule has 0 spiro atoms. The fraction of sp³-hybridized carbons (Fsp3) is 0.333. The van der Waals surface area contributed by atoms with Crippen LogP contribution in [0, 0.1) is 5.92 Å². The second kappa shape index (κ2) is 14.0. The van der Waals surface area contributed by atoms with E-state index in [2.05, 4.69) is 19.2 Å². The molecule has 1 unspecified atom stereocenters. The van der Waals surface area contributed by atoms with Crippen molar-refractivity contribution in [3.63, 3.8) is 0 Å². The summed E-state index contributed by atoms with van der Waals surface area (Å²) >= 11 is 0. The lowest BCUT2D eigenvalue weighted by atomic mass is 10.0. The SMILES string of the molecule is CC(C)CNC(=O)C(Cc1ccccc1)N(Cc1ccccc1)C(=O)CCCOc1ccccc1. The average Bonchev–Trinajstić information content (AvgIpc) is 2.89. The van der Waals surface area contributed by atoms with Gasteiger partial charge in [0.25, 0.3) is 0 Å². The van der Waals surface area contributed by atoms with Crippen LogP contribution in [0.1, 0.15) is 37.8 Å². The summed E-state index contributed by atoms with van der Waals surface area (Å²) in [6.07, 6.45) is 1.34. The maximum Gasteiger partial charge on any atom is 0.243 e. The molecule has 0 saturated carbocycles. The number of para-hydroxylation sites is 1. The van der Waals surface area contributed by atoms with E-state index in [0.29, 0.717) is 44.9 Å². The molecule has 184 valence electrons. The maximum absolute atomic E-state index is 13.5. The summed E-state index contributed by atoms with van der Waals surface area (Å²) in [4.78, 5) is 28.6. The quantitative estimate of drug-likeness (QED) is 0.345. The van der Waals surface area contributed by atoms with E-state index in [1.807, 2.05) is 91.0 Å². The van der Waals surface area contributed by atoms with Gasteiger partial charge in [-0.1, -0.05) is 92.7 Å². The molecule has 3 aromatic carbocycles. The summed E-state index contributed by atoms with van der Waals surface area (Å²) < 4.78 is 5.77. The van der Waals surface area contributed by atoms with Crippen LogP contribution in [0.15, 0.2) is 91.0 Å². The Hall–Kier alpha value is -3.60. The van der Waals surface area contributed by atoms with E-state index < -0.39 is 6.04 Å². The molecule has 35 heavy (non-hydrogen) atoms. The molecule has 2 amide bonds. The van der Waals surface area contributed by atoms with Gasteiger partial charge >= 0.3 is 0 Å². The lowest BCUT2D eigenvalue weighted by Gasteiger charge is -2.32. The zero-order chi connectivity index (χ0) is 24.9. The molecule has 0 heterocycles. The molecule has 3 rings (SSSR count). The summed E-state index contributed by atoms with van der Waals surface area (Å²) in [7, 11) is 0. The molecule has 0 saturated heterocycles. The standard InChI is InChI=1S/C30H36N2O3/c1-24(2)22-31-30(34)28(21-25-13-6-3-7-14-25)32(23-26-15-8-4-9-16-26)29(33)19-12-20-35-27-17-10-5-11-18-27/h3-11,13-18,24,28H,12,19-23H2,1-2H3,(H,31,34). The number of nitrogens with zero attached hydrogens (tertiary/aromatic N) is 1. The van der Waals surface area contributed by atoms with Crippen molar-refractivity contribution in [2.45, 2.75) is 45.7 Å². The Morgan fingerprint density at radius 2 is 1.40 bits per heavy atom. The molecule has 0 fully saturated rings. The third-order valence-corrected chi connectivity index (χ3v) is 5.70. The number of amides is 2. The Bertz CT molecular complexity index is 1020. The van der Waals surface area contributed by atoms with E-state index in [9.17, 15) is 9.59 Å². The Balaban J connectivity index is 1.76. The zero-order valence-corrected chi connectivity index (χ0v) is 20.7. The minimum absolute atomic E-state index is 0.0499. The first kappa shape index (κ1) is 26.0. The van der Waals surface area contributed by atoms with E-state index in [1.165, 1.54) is 0 Å². The largest absolute Gasteiger partial charge is 0.494 e. The highest BCUT2D eigenvalue weighted by atomic mass is 16.5. The van der Waals surface area contributed by atoms with Gasteiger partial charge in [-0.3, -0.25) is 9.59 Å². The summed E-state index contributed by atoms with van der Waals surface area (Å²) in [6, 6.07) is 28.7. The van der Waals surface area contributed by atoms with Gasteiger partial charge in [-0.05, 0) is 35.6 Å². The molecule has 1 atom stereocenters. The predicted molar refractivity (Wildman–Crippen MR) is 140 cm³/mol. The molecule has 0 aromatic heterocycles. The number of benzene rings is 3. The highest BCUT2D eigenvalue weighted by Gasteiger charge is 2.30. The van der Waals surface area contributed by atoms with Crippen LogP contribution in [0.25, 0.3) is 0 Å². The second-order valence-corrected chi connectivity index (χ2v) is 9.12. The van der Waals surface area contributed by atoms with Gasteiger partial charge in [-0.2, -0.15) is 0 Å². The van der Waals surface area contributed by atoms with Crippen LogP contribution in [-0.4, -0.2) is 35.9 Å². The van der Waals surface area contributed by atoms with Crippen LogP contribution in [0.5, 0.6) is 5.75 Å². The number of hydrogen-bond donors (Lipinski definition) is 1. The molecule has 0 aliphatic heterocycles. The van der Waals surface area contributed by atoms with Crippen molar-refractivity contribution in [2.75, 3.05) is 13.2 Å². The number of hydrogen-bond acceptors (Lipinski definition) is 3. The second-order valence-electron chi connectivity index (χ2n) is 9.12. The van der Waals surface area contributed by atoms with Crippen LogP contribution >= 0.6 is 0 Å². The van der Waals surface area contributed by atoms with Crippen molar-refractivity contribution >= 4 is 11.8 Å². The Labute approximate surface area is 209 Å². The first-order valence-electron chi connectivity index (χ1n) is 12.4. The van der Waals surface area contributed by atoms with Gasteiger partial charge in [0.05, 0.1) is 6.61 Å². The van der Waals surface area contributed by atoms with Crippen molar-refractivity contribution in [1.29, 1.82) is 0 Å². The zero-order valence-electron chi connectivity index (χ0n) is 20.7. The first-order chi connectivity index (χ1) is 17.0. The minimum Gasteiger partial charge on any atom is -0.494 e. The maximum atomic E-state index is 13.5. The van der Waals surface area contributed by atoms with E-state index in [4.69, 9.17) is 4.74 Å². The molecule has 0 radical (unpaired) electrons. The van der Waals surface area contributed by atoms with Gasteiger partial charge in [-0.25, -0.2) is 0 Å². The van der Waals surface area contributed by atoms with Gasteiger partial charge in [0.1, 0.15) is 11.8 Å². The summed E-state index contributed by atoms with van der Waals surface area (Å²) in [5.74, 6) is 0.944. The van der Waals surface area contributed by atoms with E-state index in [-0.39, 0.29) is 11.8 Å². The smallest absolute Gasteiger partial charge is 0.243 e. The van der Waals surface area contributed by atoms with Crippen LogP contribution in [0.3, 0.4) is 0 Å². The molecular formula is C30H36N2O3. The molecule has 0 aliphatic carbocycles. The summed E-state index contributed by atoms with van der Waals surface area (Å²) in [5, 5.41) is 3.05. The Morgan fingerprint density at radius 1 is 0.829 bits per heavy atom. The van der Waals surface area contributed by atoms with E-state index in [1.54, 1.807) is 4.90 Å². The van der Waals surface area contributed by atoms with Crippen LogP contribution in [0.4, 0.5) is 0 Å². The van der Waals surface area contributed by atoms with Gasteiger partial charge in [-0.15, -0.1) is 0 Å². The molecule has 5 heteroatoms. The van der Waals surface area contributed by atoms with Crippen molar-refractivity contribution < 1.29 is 14.3 Å². The molecule has 1 N–H and O–H groups in total. The topological polar surface area (TPSA) is 58.6 Å². The first-order valence-corrected chi connectivity index (χ1v) is 12.4. The normalized spacial score (nSPS) is 11.6. The van der Waals surface area contributed by atoms with Crippen molar-refractivity contribution in [2.24, 2.45) is 5.92 Å². The lowest BCUT2D eigenvalue weighted by Crippen LogP contribution is -2.51. The number of ether oxygens (including phenoxy) is 1. The minimum atomic E-state index is -0.598. The van der Waals surface area contributed by atoms with Crippen molar-refractivity contribution in [3.05, 3.63) is 102 Å². The summed E-state index contributed by atoms with van der Waals surface area (Å²) in [6.45, 7) is 5.52. The number of nitrogens with one attached hydrogen (secondary N) is 1. The lowest BCUT2D eigenvalue weighted by molar-refractivity contribution is -0.141. The van der Waals surface area contributed by atoms with Gasteiger partial charge in [0.15, 0.2) is 0 Å². The highest BCUT2D eigenvalue weighted by molar-refractivity contribution is 5.88. The monoisotopic (exact) mass is 472 g/mol. The third-order valence-electron chi connectivity index (χ3n) is 5.70. The molecule has 0 aliphatic rings. The predicted octanol–water partition coefficient (Wildman–Crippen LogP) is 5.26. The Kier molecular flexibility index (Phi) is 10.4. The Morgan fingerprint density at radius 3 is 2.00 bits per heavy atom. The number of carbonyl (C=O) groups excluding carboxylic acids is 2. The number of carbonyl (C=O) groups is 2. The number of rotatable bonds is 13. The van der Waals surface area contributed by atoms with Crippen LogP contribution in [-0.2, 0) is 22.6 Å². The third kappa shape index (κ3) is 8.93. The fourth-order valence-electron chi connectivity index (χ4n) is 3.83. The van der Waals surface area contributed by atoms with E-state index in [0.717, 1.165) is 16.9 Å².